The van der Waals surface area contributed by atoms with Gasteiger partial charge in [0, 0.05) is 30.7 Å². The second-order valence-corrected chi connectivity index (χ2v) is 9.70. The molecule has 4 rings (SSSR count). The Balaban J connectivity index is 0.00000256. The van der Waals surface area contributed by atoms with Gasteiger partial charge < -0.3 is 16.0 Å². The van der Waals surface area contributed by atoms with E-state index in [-0.39, 0.29) is 24.2 Å². The molecule has 2 heterocycles. The van der Waals surface area contributed by atoms with Crippen molar-refractivity contribution in [2.24, 2.45) is 11.3 Å². The summed E-state index contributed by atoms with van der Waals surface area (Å²) >= 11 is 0. The van der Waals surface area contributed by atoms with E-state index < -0.39 is 5.41 Å². The monoisotopic (exact) mass is 433 g/mol. The summed E-state index contributed by atoms with van der Waals surface area (Å²) in [6.07, 6.45) is 9.13. The number of carbonyl (C=O) groups is 2. The van der Waals surface area contributed by atoms with E-state index >= 15 is 0 Å². The number of hydrogen-bond acceptors (Lipinski definition) is 3. The lowest BCUT2D eigenvalue weighted by Gasteiger charge is -2.30. The van der Waals surface area contributed by atoms with Gasteiger partial charge in [-0.2, -0.15) is 0 Å². The average Bonchev–Trinajstić information content (AvgIpc) is 3.30. The lowest BCUT2D eigenvalue weighted by molar-refractivity contribution is -0.127. The summed E-state index contributed by atoms with van der Waals surface area (Å²) in [4.78, 5) is 25.8. The van der Waals surface area contributed by atoms with Crippen LogP contribution in [0, 0.1) is 25.2 Å². The lowest BCUT2D eigenvalue weighted by Crippen LogP contribution is -2.45. The summed E-state index contributed by atoms with van der Waals surface area (Å²) in [6, 6.07) is 7.25. The fraction of sp³-hybridized carbons (Fsp3) is 0.667. The van der Waals surface area contributed by atoms with Crippen molar-refractivity contribution in [3.63, 3.8) is 0 Å². The van der Waals surface area contributed by atoms with Crippen LogP contribution in [-0.4, -0.2) is 30.4 Å². The number of piperidine rings is 1. The van der Waals surface area contributed by atoms with E-state index in [0.717, 1.165) is 44.2 Å². The topological polar surface area (TPSA) is 70.2 Å². The zero-order chi connectivity index (χ0) is 20.4. The Hall–Kier alpha value is -1.59. The smallest absolute Gasteiger partial charge is 0.232 e. The van der Waals surface area contributed by atoms with E-state index in [1.54, 1.807) is 0 Å². The first kappa shape index (κ1) is 23.1. The molecular weight excluding hydrogens is 398 g/mol. The molecule has 1 saturated carbocycles. The van der Waals surface area contributed by atoms with Crippen LogP contribution in [0.15, 0.2) is 18.2 Å². The molecule has 2 atom stereocenters. The first-order valence-electron chi connectivity index (χ1n) is 11.3. The number of fused-ring (bicyclic) bond motifs is 2. The molecule has 1 aromatic carbocycles. The normalized spacial score (nSPS) is 26.7. The number of hydrogen-bond donors (Lipinski definition) is 3. The predicted octanol–water partition coefficient (Wildman–Crippen LogP) is 4.26. The van der Waals surface area contributed by atoms with E-state index in [1.807, 2.05) is 18.2 Å². The molecule has 166 valence electrons. The molecule has 6 heteroatoms. The second-order valence-electron chi connectivity index (χ2n) is 9.70. The minimum absolute atomic E-state index is 0. The quantitative estimate of drug-likeness (QED) is 0.627. The van der Waals surface area contributed by atoms with Gasteiger partial charge in [0.25, 0.3) is 0 Å². The Morgan fingerprint density at radius 3 is 2.37 bits per heavy atom. The first-order valence-corrected chi connectivity index (χ1v) is 11.3. The van der Waals surface area contributed by atoms with Gasteiger partial charge in [0.15, 0.2) is 0 Å². The van der Waals surface area contributed by atoms with Gasteiger partial charge in [-0.25, -0.2) is 0 Å². The number of benzene rings is 1. The molecule has 5 nitrogen and oxygen atoms in total. The Labute approximate surface area is 186 Å². The largest absolute Gasteiger partial charge is 0.355 e. The number of halogens is 1. The van der Waals surface area contributed by atoms with Crippen molar-refractivity contribution in [1.29, 1.82) is 0 Å². The maximum absolute atomic E-state index is 13.2. The van der Waals surface area contributed by atoms with Crippen LogP contribution < -0.4 is 16.0 Å². The molecule has 2 aliphatic heterocycles. The summed E-state index contributed by atoms with van der Waals surface area (Å²) in [7, 11) is 0. The maximum Gasteiger partial charge on any atom is 0.232 e. The molecule has 2 saturated heterocycles. The third-order valence-corrected chi connectivity index (χ3v) is 7.48. The number of rotatable bonds is 6. The fourth-order valence-electron chi connectivity index (χ4n) is 5.56. The summed E-state index contributed by atoms with van der Waals surface area (Å²) < 4.78 is 0. The van der Waals surface area contributed by atoms with Gasteiger partial charge in [-0.05, 0) is 81.5 Å². The van der Waals surface area contributed by atoms with Crippen LogP contribution in [-0.2, 0) is 9.59 Å². The fourth-order valence-corrected chi connectivity index (χ4v) is 5.56. The van der Waals surface area contributed by atoms with Crippen molar-refractivity contribution >= 4 is 29.9 Å². The third kappa shape index (κ3) is 5.17. The Morgan fingerprint density at radius 1 is 1.07 bits per heavy atom. The molecule has 3 N–H and O–H groups in total. The van der Waals surface area contributed by atoms with E-state index in [9.17, 15) is 9.59 Å². The van der Waals surface area contributed by atoms with Crippen molar-refractivity contribution in [2.75, 3.05) is 11.9 Å². The molecule has 0 radical (unpaired) electrons. The van der Waals surface area contributed by atoms with Gasteiger partial charge in [-0.3, -0.25) is 9.59 Å². The van der Waals surface area contributed by atoms with Crippen LogP contribution in [0.4, 0.5) is 5.69 Å². The van der Waals surface area contributed by atoms with E-state index in [0.29, 0.717) is 31.0 Å². The molecule has 2 unspecified atom stereocenters. The molecule has 30 heavy (non-hydrogen) atoms. The number of aryl methyl sites for hydroxylation is 2. The number of amides is 2. The summed E-state index contributed by atoms with van der Waals surface area (Å²) in [5.74, 6) is 0.651. The Morgan fingerprint density at radius 2 is 1.73 bits per heavy atom. The molecule has 3 aliphatic rings. The molecule has 0 aromatic heterocycles. The standard InChI is InChI=1S/C24H35N3O2.ClH/c1-16-5-6-19(11-17(16)2)27-23(29)24(9-3-4-10-24)15-25-22(28)14-18-12-20-7-8-21(13-18)26-20;/h5-6,11,18,20-21,26H,3-4,7-10,12-15H2,1-2H3,(H,25,28)(H,27,29);1H. The number of anilines is 1. The lowest BCUT2D eigenvalue weighted by atomic mass is 9.84. The van der Waals surface area contributed by atoms with Crippen LogP contribution >= 0.6 is 12.4 Å². The molecule has 0 spiro atoms. The van der Waals surface area contributed by atoms with E-state index in [4.69, 9.17) is 0 Å². The van der Waals surface area contributed by atoms with Gasteiger partial charge in [0.05, 0.1) is 5.41 Å². The number of carbonyl (C=O) groups excluding carboxylic acids is 2. The molecule has 3 fully saturated rings. The molecule has 1 aromatic rings. The second kappa shape index (κ2) is 9.69. The highest BCUT2D eigenvalue weighted by Gasteiger charge is 2.41. The van der Waals surface area contributed by atoms with E-state index in [2.05, 4.69) is 29.8 Å². The van der Waals surface area contributed by atoms with Gasteiger partial charge in [0.1, 0.15) is 0 Å². The Bertz CT molecular complexity index is 764. The summed E-state index contributed by atoms with van der Waals surface area (Å²) in [6.45, 7) is 4.59. The van der Waals surface area contributed by atoms with Crippen LogP contribution in [0.5, 0.6) is 0 Å². The minimum atomic E-state index is -0.471. The van der Waals surface area contributed by atoms with Crippen molar-refractivity contribution in [3.8, 4) is 0 Å². The SMILES string of the molecule is Cc1ccc(NC(=O)C2(CNC(=O)CC3CC4CCC(C3)N4)CCCC2)cc1C.Cl. The van der Waals surface area contributed by atoms with Crippen molar-refractivity contribution in [3.05, 3.63) is 29.3 Å². The zero-order valence-corrected chi connectivity index (χ0v) is 19.1. The third-order valence-electron chi connectivity index (χ3n) is 7.48. The average molecular weight is 434 g/mol. The van der Waals surface area contributed by atoms with Gasteiger partial charge in [0.2, 0.25) is 11.8 Å². The van der Waals surface area contributed by atoms with Gasteiger partial charge in [-0.1, -0.05) is 18.9 Å². The van der Waals surface area contributed by atoms with Crippen LogP contribution in [0.1, 0.15) is 68.9 Å². The van der Waals surface area contributed by atoms with Gasteiger partial charge >= 0.3 is 0 Å². The maximum atomic E-state index is 13.2. The molecule has 2 bridgehead atoms. The highest BCUT2D eigenvalue weighted by atomic mass is 35.5. The molecule has 2 amide bonds. The van der Waals surface area contributed by atoms with E-state index in [1.165, 1.54) is 24.0 Å². The zero-order valence-electron chi connectivity index (χ0n) is 18.3. The summed E-state index contributed by atoms with van der Waals surface area (Å²) in [5.41, 5.74) is 2.77. The molecule has 1 aliphatic carbocycles. The highest BCUT2D eigenvalue weighted by molar-refractivity contribution is 5.96. The van der Waals surface area contributed by atoms with Crippen molar-refractivity contribution in [1.82, 2.24) is 10.6 Å². The Kier molecular flexibility index (Phi) is 7.46. The predicted molar refractivity (Wildman–Crippen MR) is 123 cm³/mol. The molecular formula is C24H36ClN3O2. The summed E-state index contributed by atoms with van der Waals surface area (Å²) in [5, 5.41) is 9.89. The van der Waals surface area contributed by atoms with Gasteiger partial charge in [-0.15, -0.1) is 12.4 Å². The van der Waals surface area contributed by atoms with Crippen LogP contribution in [0.3, 0.4) is 0 Å². The van der Waals surface area contributed by atoms with Crippen LogP contribution in [0.2, 0.25) is 0 Å². The van der Waals surface area contributed by atoms with Crippen molar-refractivity contribution < 1.29 is 9.59 Å². The first-order chi connectivity index (χ1) is 13.9. The minimum Gasteiger partial charge on any atom is -0.355 e. The highest BCUT2D eigenvalue weighted by Crippen LogP contribution is 2.39. The van der Waals surface area contributed by atoms with Crippen molar-refractivity contribution in [2.45, 2.75) is 83.7 Å². The number of nitrogens with one attached hydrogen (secondary N) is 3. The van der Waals surface area contributed by atoms with Crippen LogP contribution in [0.25, 0.3) is 0 Å².